The molecule has 2 amide bonds. The van der Waals surface area contributed by atoms with Crippen molar-refractivity contribution in [3.8, 4) is 16.9 Å². The van der Waals surface area contributed by atoms with Crippen molar-refractivity contribution in [2.75, 3.05) is 17.7 Å². The highest BCUT2D eigenvalue weighted by atomic mass is 32.1. The minimum Gasteiger partial charge on any atom is -0.494 e. The van der Waals surface area contributed by atoms with Crippen LogP contribution in [0.4, 0.5) is 10.7 Å². The third-order valence-corrected chi connectivity index (χ3v) is 5.30. The zero-order valence-electron chi connectivity index (χ0n) is 15.7. The van der Waals surface area contributed by atoms with E-state index in [1.807, 2.05) is 37.3 Å². The Morgan fingerprint density at radius 2 is 1.83 bits per heavy atom. The van der Waals surface area contributed by atoms with Gasteiger partial charge in [-0.3, -0.25) is 20.0 Å². The number of nitrogens with zero attached hydrogens (tertiary/aromatic N) is 1. The number of methoxy groups -OCH3 is 1. The Morgan fingerprint density at radius 1 is 1.14 bits per heavy atom. The average molecular weight is 413 g/mol. The largest absolute Gasteiger partial charge is 0.494 e. The molecule has 3 aromatic rings. The summed E-state index contributed by atoms with van der Waals surface area (Å²) in [7, 11) is 1.36. The number of nitrogens with two attached hydrogens (primary N) is 1. The van der Waals surface area contributed by atoms with Crippen LogP contribution in [0.15, 0.2) is 48.5 Å². The second kappa shape index (κ2) is 8.31. The highest BCUT2D eigenvalue weighted by Crippen LogP contribution is 2.40. The maximum absolute atomic E-state index is 12.7. The summed E-state index contributed by atoms with van der Waals surface area (Å²) < 4.78 is 5.03. The predicted octanol–water partition coefficient (Wildman–Crippen LogP) is 3.67. The van der Waals surface area contributed by atoms with Crippen LogP contribution in [0.2, 0.25) is 0 Å². The number of amides is 2. The first-order chi connectivity index (χ1) is 13.8. The van der Waals surface area contributed by atoms with Gasteiger partial charge in [-0.15, -0.1) is 16.6 Å². The number of benzene rings is 2. The van der Waals surface area contributed by atoms with Gasteiger partial charge in [0, 0.05) is 16.0 Å². The highest BCUT2D eigenvalue weighted by Gasteiger charge is 2.23. The monoisotopic (exact) mass is 413 g/mol. The number of carbonyl (C=O) groups excluding carboxylic acids is 2. The van der Waals surface area contributed by atoms with E-state index in [-0.39, 0.29) is 27.8 Å². The number of rotatable bonds is 6. The van der Waals surface area contributed by atoms with Crippen molar-refractivity contribution in [2.24, 2.45) is 5.73 Å². The van der Waals surface area contributed by atoms with Gasteiger partial charge in [0.05, 0.1) is 12.7 Å². The third-order valence-electron chi connectivity index (χ3n) is 4.28. The van der Waals surface area contributed by atoms with Gasteiger partial charge in [0.15, 0.2) is 0 Å². The zero-order valence-corrected chi connectivity index (χ0v) is 16.5. The Morgan fingerprint density at radius 3 is 2.41 bits per heavy atom. The smallest absolute Gasteiger partial charge is 0.256 e. The Bertz CT molecular complexity index is 1060. The van der Waals surface area contributed by atoms with Gasteiger partial charge in [0.1, 0.15) is 16.4 Å². The molecule has 0 aliphatic rings. The van der Waals surface area contributed by atoms with E-state index in [1.165, 1.54) is 36.6 Å². The number of nitrogens with one attached hydrogen (secondary N) is 1. The molecule has 0 fully saturated rings. The van der Waals surface area contributed by atoms with Gasteiger partial charge in [0.2, 0.25) is 0 Å². The van der Waals surface area contributed by atoms with Gasteiger partial charge in [-0.25, -0.2) is 0 Å². The van der Waals surface area contributed by atoms with Crippen molar-refractivity contribution in [3.05, 3.63) is 64.5 Å². The van der Waals surface area contributed by atoms with E-state index in [9.17, 15) is 20.0 Å². The maximum atomic E-state index is 12.7. The molecule has 0 radical (unpaired) electrons. The third kappa shape index (κ3) is 4.06. The molecule has 5 N–H and O–H groups in total. The molecule has 0 spiro atoms. The molecule has 0 atom stereocenters. The van der Waals surface area contributed by atoms with Crippen molar-refractivity contribution in [1.29, 1.82) is 0 Å². The van der Waals surface area contributed by atoms with E-state index in [0.717, 1.165) is 10.4 Å². The minimum absolute atomic E-state index is 0.109. The number of anilines is 2. The minimum atomic E-state index is -0.657. The molecule has 1 heterocycles. The Balaban J connectivity index is 2.00. The number of hydrogen-bond donors (Lipinski definition) is 4. The van der Waals surface area contributed by atoms with E-state index >= 15 is 0 Å². The number of carbonyl (C=O) groups is 2. The van der Waals surface area contributed by atoms with E-state index in [2.05, 4.69) is 5.32 Å². The van der Waals surface area contributed by atoms with E-state index in [4.69, 9.17) is 10.5 Å². The first-order valence-electron chi connectivity index (χ1n) is 8.49. The lowest BCUT2D eigenvalue weighted by Gasteiger charge is -2.14. The molecule has 0 saturated heterocycles. The van der Waals surface area contributed by atoms with Crippen LogP contribution in [0.5, 0.6) is 5.75 Å². The molecular formula is C20H19N3O5S. The van der Waals surface area contributed by atoms with Crippen LogP contribution in [-0.2, 0) is 0 Å². The second-order valence-electron chi connectivity index (χ2n) is 6.10. The molecule has 3 rings (SSSR count). The first kappa shape index (κ1) is 20.3. The molecule has 0 bridgehead atoms. The van der Waals surface area contributed by atoms with Crippen LogP contribution in [-0.4, -0.2) is 29.3 Å². The highest BCUT2D eigenvalue weighted by molar-refractivity contribution is 7.17. The molecule has 1 aromatic heterocycles. The fourth-order valence-corrected chi connectivity index (χ4v) is 4.06. The van der Waals surface area contributed by atoms with Crippen molar-refractivity contribution < 1.29 is 24.7 Å². The number of thiophene rings is 1. The van der Waals surface area contributed by atoms with Crippen molar-refractivity contribution >= 4 is 33.8 Å². The van der Waals surface area contributed by atoms with Crippen LogP contribution in [0, 0.1) is 6.92 Å². The van der Waals surface area contributed by atoms with E-state index in [0.29, 0.717) is 10.6 Å². The molecule has 0 aliphatic heterocycles. The molecule has 0 saturated carbocycles. The van der Waals surface area contributed by atoms with Crippen molar-refractivity contribution in [3.63, 3.8) is 0 Å². The lowest BCUT2D eigenvalue weighted by atomic mass is 10.0. The number of primary amides is 1. The summed E-state index contributed by atoms with van der Waals surface area (Å²) in [4.78, 5) is 25.7. The molecule has 0 aliphatic carbocycles. The number of aryl methyl sites for hydroxylation is 1. The van der Waals surface area contributed by atoms with Gasteiger partial charge in [-0.2, -0.15) is 0 Å². The molecular weight excluding hydrogens is 394 g/mol. The van der Waals surface area contributed by atoms with Gasteiger partial charge in [0.25, 0.3) is 11.8 Å². The summed E-state index contributed by atoms with van der Waals surface area (Å²) in [5.41, 5.74) is 7.35. The summed E-state index contributed by atoms with van der Waals surface area (Å²) >= 11 is 1.24. The zero-order chi connectivity index (χ0) is 21.1. The SMILES string of the molecule is COc1ccc(C(=O)Nc2sc(C)c(-c3ccccc3)c2C(N)=O)cc1N(O)O. The van der Waals surface area contributed by atoms with Gasteiger partial charge < -0.3 is 15.8 Å². The lowest BCUT2D eigenvalue weighted by Crippen LogP contribution is -2.18. The maximum Gasteiger partial charge on any atom is 0.256 e. The summed E-state index contributed by atoms with van der Waals surface area (Å²) in [6.07, 6.45) is 0. The van der Waals surface area contributed by atoms with E-state index < -0.39 is 11.8 Å². The van der Waals surface area contributed by atoms with Gasteiger partial charge >= 0.3 is 0 Å². The van der Waals surface area contributed by atoms with Crippen molar-refractivity contribution in [2.45, 2.75) is 6.92 Å². The lowest BCUT2D eigenvalue weighted by molar-refractivity contribution is 0.0279. The topological polar surface area (TPSA) is 125 Å². The molecule has 29 heavy (non-hydrogen) atoms. The number of hydrogen-bond acceptors (Lipinski definition) is 7. The van der Waals surface area contributed by atoms with Crippen LogP contribution in [0.3, 0.4) is 0 Å². The van der Waals surface area contributed by atoms with Crippen LogP contribution < -0.4 is 21.0 Å². The Labute approximate surface area is 170 Å². The molecule has 150 valence electrons. The average Bonchev–Trinajstić information content (AvgIpc) is 3.03. The Hall–Kier alpha value is -3.40. The fraction of sp³-hybridized carbons (Fsp3) is 0.100. The van der Waals surface area contributed by atoms with E-state index in [1.54, 1.807) is 0 Å². The molecule has 2 aromatic carbocycles. The summed E-state index contributed by atoms with van der Waals surface area (Å²) in [6, 6.07) is 13.4. The normalized spacial score (nSPS) is 10.5. The van der Waals surface area contributed by atoms with Gasteiger partial charge in [-0.05, 0) is 30.7 Å². The van der Waals surface area contributed by atoms with Crippen LogP contribution in [0.1, 0.15) is 25.6 Å². The summed E-state index contributed by atoms with van der Waals surface area (Å²) in [5, 5.41) is 21.6. The molecule has 0 unspecified atom stereocenters. The molecule has 8 nitrogen and oxygen atoms in total. The van der Waals surface area contributed by atoms with Crippen LogP contribution in [0.25, 0.3) is 11.1 Å². The summed E-state index contributed by atoms with van der Waals surface area (Å²) in [6.45, 7) is 1.84. The quantitative estimate of drug-likeness (QED) is 0.457. The van der Waals surface area contributed by atoms with Crippen LogP contribution >= 0.6 is 11.3 Å². The van der Waals surface area contributed by atoms with Gasteiger partial charge in [-0.1, -0.05) is 30.3 Å². The second-order valence-corrected chi connectivity index (χ2v) is 7.32. The number of ether oxygens (including phenoxy) is 1. The summed E-state index contributed by atoms with van der Waals surface area (Å²) in [5.74, 6) is -1.03. The fourth-order valence-electron chi connectivity index (χ4n) is 2.98. The van der Waals surface area contributed by atoms with Crippen molar-refractivity contribution in [1.82, 2.24) is 0 Å². The molecule has 9 heteroatoms. The standard InChI is InChI=1S/C20H19N3O5S/c1-11-16(12-6-4-3-5-7-12)17(18(21)24)20(29-11)22-19(25)13-8-9-15(28-2)14(10-13)23(26)27/h3-10,26-27H,1-2H3,(H2,21,24)(H,22,25). The first-order valence-corrected chi connectivity index (χ1v) is 9.31. The predicted molar refractivity (Wildman–Crippen MR) is 110 cm³/mol. The Kier molecular flexibility index (Phi) is 5.83.